The third-order valence-electron chi connectivity index (χ3n) is 7.25. The molecule has 2 aromatic rings. The van der Waals surface area contributed by atoms with Crippen molar-refractivity contribution in [2.75, 3.05) is 0 Å². The van der Waals surface area contributed by atoms with Crippen molar-refractivity contribution in [2.45, 2.75) is 72.6 Å². The summed E-state index contributed by atoms with van der Waals surface area (Å²) in [5, 5.41) is 0. The Hall–Kier alpha value is -2.08. The fraction of sp³-hybridized carbons (Fsp3) is 0.407. The van der Waals surface area contributed by atoms with Crippen molar-refractivity contribution in [3.05, 3.63) is 68.8 Å². The highest BCUT2D eigenvalue weighted by Crippen LogP contribution is 2.51. The number of fused-ring (bicyclic) bond motifs is 7. The van der Waals surface area contributed by atoms with Gasteiger partial charge < -0.3 is 0 Å². The minimum Gasteiger partial charge on any atom is -0.0654 e. The largest absolute Gasteiger partial charge is 0.0654 e. The van der Waals surface area contributed by atoms with Crippen molar-refractivity contribution < 1.29 is 0 Å². The topological polar surface area (TPSA) is 0 Å². The second-order valence-electron chi connectivity index (χ2n) is 8.89. The quantitative estimate of drug-likeness (QED) is 0.425. The van der Waals surface area contributed by atoms with Gasteiger partial charge in [-0.2, -0.15) is 0 Å². The van der Waals surface area contributed by atoms with E-state index in [9.17, 15) is 0 Å². The van der Waals surface area contributed by atoms with Gasteiger partial charge in [0.15, 0.2) is 0 Å². The smallest absolute Gasteiger partial charge is 0.00130 e. The van der Waals surface area contributed by atoms with Gasteiger partial charge in [-0.25, -0.2) is 0 Å². The van der Waals surface area contributed by atoms with Crippen molar-refractivity contribution in [3.63, 3.8) is 0 Å². The number of allylic oxidation sites excluding steroid dienone is 4. The highest BCUT2D eigenvalue weighted by molar-refractivity contribution is 5.98. The Kier molecular flexibility index (Phi) is 3.93. The highest BCUT2D eigenvalue weighted by Gasteiger charge is 2.32. The summed E-state index contributed by atoms with van der Waals surface area (Å²) in [6.07, 6.45) is 8.69. The molecule has 0 N–H and O–H groups in total. The van der Waals surface area contributed by atoms with Crippen LogP contribution in [-0.2, 0) is 19.3 Å². The van der Waals surface area contributed by atoms with E-state index < -0.39 is 0 Å². The first kappa shape index (κ1) is 17.0. The Morgan fingerprint density at radius 1 is 0.630 bits per heavy atom. The van der Waals surface area contributed by atoms with Gasteiger partial charge in [0.1, 0.15) is 0 Å². The van der Waals surface area contributed by atoms with Crippen LogP contribution in [0.3, 0.4) is 0 Å². The maximum atomic E-state index is 2.42. The molecule has 0 atom stereocenters. The van der Waals surface area contributed by atoms with E-state index in [4.69, 9.17) is 0 Å². The van der Waals surface area contributed by atoms with Gasteiger partial charge in [-0.15, -0.1) is 0 Å². The molecule has 2 aromatic carbocycles. The van der Waals surface area contributed by atoms with Gasteiger partial charge in [0, 0.05) is 0 Å². The Bertz CT molecular complexity index is 1030. The fourth-order valence-electron chi connectivity index (χ4n) is 5.64. The monoisotopic (exact) mass is 354 g/mol. The number of benzene rings is 2. The van der Waals surface area contributed by atoms with Gasteiger partial charge in [-0.1, -0.05) is 55.2 Å². The van der Waals surface area contributed by atoms with Crippen LogP contribution in [0.1, 0.15) is 86.8 Å². The van der Waals surface area contributed by atoms with E-state index in [0.717, 1.165) is 12.8 Å². The molecule has 0 aromatic heterocycles. The molecule has 0 spiro atoms. The molecule has 0 aliphatic heterocycles. The summed E-state index contributed by atoms with van der Waals surface area (Å²) in [5.41, 5.74) is 18.8. The van der Waals surface area contributed by atoms with Gasteiger partial charge in [-0.3, -0.25) is 0 Å². The standard InChI is InChI=1S/C27H30/c1-5-6-7-8-19-14-21-10-12-23-15-22-11-9-20-13-16(2)17(3)24(20)26(22)27(23)25(21)18(19)4/h9-12H,5-8,13-15H2,1-4H3. The van der Waals surface area contributed by atoms with Crippen LogP contribution in [0.4, 0.5) is 0 Å². The van der Waals surface area contributed by atoms with Gasteiger partial charge in [0.05, 0.1) is 0 Å². The second kappa shape index (κ2) is 6.23. The van der Waals surface area contributed by atoms with E-state index in [2.05, 4.69) is 52.0 Å². The van der Waals surface area contributed by atoms with E-state index in [1.54, 1.807) is 55.7 Å². The molecule has 3 aliphatic carbocycles. The molecule has 5 rings (SSSR count). The fourth-order valence-corrected chi connectivity index (χ4v) is 5.64. The van der Waals surface area contributed by atoms with Gasteiger partial charge >= 0.3 is 0 Å². The maximum Gasteiger partial charge on any atom is -0.00130 e. The first-order valence-corrected chi connectivity index (χ1v) is 10.8. The molecule has 0 radical (unpaired) electrons. The van der Waals surface area contributed by atoms with E-state index in [0.29, 0.717) is 0 Å². The molecule has 0 saturated heterocycles. The molecule has 0 heterocycles. The summed E-state index contributed by atoms with van der Waals surface area (Å²) in [7, 11) is 0. The lowest BCUT2D eigenvalue weighted by atomic mass is 9.88. The highest BCUT2D eigenvalue weighted by atomic mass is 14.4. The third kappa shape index (κ3) is 2.42. The molecular weight excluding hydrogens is 324 g/mol. The van der Waals surface area contributed by atoms with E-state index in [-0.39, 0.29) is 0 Å². The predicted molar refractivity (Wildman–Crippen MR) is 117 cm³/mol. The van der Waals surface area contributed by atoms with Crippen LogP contribution in [0, 0.1) is 0 Å². The van der Waals surface area contributed by atoms with E-state index >= 15 is 0 Å². The predicted octanol–water partition coefficient (Wildman–Crippen LogP) is 7.52. The lowest BCUT2D eigenvalue weighted by molar-refractivity contribution is 0.708. The number of unbranched alkanes of at least 4 members (excludes halogenated alkanes) is 2. The Labute approximate surface area is 164 Å². The molecule has 0 heteroatoms. The van der Waals surface area contributed by atoms with Gasteiger partial charge in [-0.05, 0) is 109 Å². The Balaban J connectivity index is 1.69. The molecule has 27 heavy (non-hydrogen) atoms. The molecule has 0 unspecified atom stereocenters. The lowest BCUT2D eigenvalue weighted by Gasteiger charge is -2.15. The van der Waals surface area contributed by atoms with Gasteiger partial charge in [0.25, 0.3) is 0 Å². The minimum absolute atomic E-state index is 1.11. The first-order valence-electron chi connectivity index (χ1n) is 10.8. The molecule has 138 valence electrons. The van der Waals surface area contributed by atoms with Crippen molar-refractivity contribution in [1.82, 2.24) is 0 Å². The summed E-state index contributed by atoms with van der Waals surface area (Å²) in [6, 6.07) is 9.63. The normalized spacial score (nSPS) is 16.7. The van der Waals surface area contributed by atoms with Crippen molar-refractivity contribution in [3.8, 4) is 11.1 Å². The first-order chi connectivity index (χ1) is 13.1. The maximum absolute atomic E-state index is 2.42. The van der Waals surface area contributed by atoms with Crippen LogP contribution < -0.4 is 0 Å². The molecule has 3 aliphatic rings. The molecular formula is C27H30. The van der Waals surface area contributed by atoms with Crippen LogP contribution in [0.5, 0.6) is 0 Å². The van der Waals surface area contributed by atoms with E-state index in [1.807, 2.05) is 0 Å². The molecule has 0 fully saturated rings. The average molecular weight is 355 g/mol. The summed E-state index contributed by atoms with van der Waals surface area (Å²) >= 11 is 0. The zero-order valence-electron chi connectivity index (χ0n) is 17.3. The molecule has 0 nitrogen and oxygen atoms in total. The zero-order chi connectivity index (χ0) is 18.7. The Morgan fingerprint density at radius 2 is 1.19 bits per heavy atom. The Morgan fingerprint density at radius 3 is 1.81 bits per heavy atom. The average Bonchev–Trinajstić information content (AvgIpc) is 3.27. The third-order valence-corrected chi connectivity index (χ3v) is 7.25. The van der Waals surface area contributed by atoms with Crippen molar-refractivity contribution in [2.24, 2.45) is 0 Å². The van der Waals surface area contributed by atoms with E-state index in [1.165, 1.54) is 43.2 Å². The van der Waals surface area contributed by atoms with Crippen LogP contribution in [0.2, 0.25) is 0 Å². The van der Waals surface area contributed by atoms with Crippen LogP contribution in [0.15, 0.2) is 35.4 Å². The number of hydrogen-bond acceptors (Lipinski definition) is 0. The van der Waals surface area contributed by atoms with Crippen molar-refractivity contribution >= 4 is 11.1 Å². The summed E-state index contributed by atoms with van der Waals surface area (Å²) < 4.78 is 0. The van der Waals surface area contributed by atoms with Crippen molar-refractivity contribution in [1.29, 1.82) is 0 Å². The summed E-state index contributed by atoms with van der Waals surface area (Å²) in [6.45, 7) is 9.33. The lowest BCUT2D eigenvalue weighted by Crippen LogP contribution is -1.94. The molecule has 0 saturated carbocycles. The zero-order valence-corrected chi connectivity index (χ0v) is 17.3. The minimum atomic E-state index is 1.11. The SMILES string of the molecule is CCCCCC1=C(C)c2c(ccc3c2-c2c(ccc4c2C(C)=C(C)C4)C3)C1. The number of hydrogen-bond donors (Lipinski definition) is 0. The number of rotatable bonds is 4. The molecule has 0 amide bonds. The van der Waals surface area contributed by atoms with Crippen LogP contribution in [-0.4, -0.2) is 0 Å². The van der Waals surface area contributed by atoms with Crippen LogP contribution >= 0.6 is 0 Å². The summed E-state index contributed by atoms with van der Waals surface area (Å²) in [4.78, 5) is 0. The molecule has 0 bridgehead atoms. The van der Waals surface area contributed by atoms with Gasteiger partial charge in [0.2, 0.25) is 0 Å². The second-order valence-corrected chi connectivity index (χ2v) is 8.89. The van der Waals surface area contributed by atoms with Crippen LogP contribution in [0.25, 0.3) is 22.3 Å². The summed E-state index contributed by atoms with van der Waals surface area (Å²) in [5.74, 6) is 0.